The van der Waals surface area contributed by atoms with Crippen LogP contribution in [0.2, 0.25) is 0 Å². The van der Waals surface area contributed by atoms with E-state index in [4.69, 9.17) is 9.47 Å². The Hall–Kier alpha value is -3.29. The van der Waals surface area contributed by atoms with Gasteiger partial charge in [0.2, 0.25) is 5.91 Å². The summed E-state index contributed by atoms with van der Waals surface area (Å²) in [6.07, 6.45) is -4.30. The molecule has 2 aromatic carbocycles. The first-order valence-electron chi connectivity index (χ1n) is 10.2. The Balaban J connectivity index is 1.74. The first kappa shape index (κ1) is 21.9. The molecule has 0 radical (unpaired) electrons. The predicted molar refractivity (Wildman–Crippen MR) is 110 cm³/mol. The standard InChI is InChI=1S/C24H22F3NO4/c1-31-20-8-7-13(11-21(20)32-2)14-9-18-23(19(29)10-14)16(12-22(30)28-18)15-5-3-4-6-17(15)24(25,26)27/h3-8,11,14,16H,9-10,12H2,1-2H3,(H,28,30)/t14-,16+/m0/s1. The highest BCUT2D eigenvalue weighted by Crippen LogP contribution is 2.46. The lowest BCUT2D eigenvalue weighted by Gasteiger charge is -2.35. The number of alkyl halides is 3. The molecule has 1 N–H and O–H groups in total. The fraction of sp³-hybridized carbons (Fsp3) is 0.333. The molecule has 0 unspecified atom stereocenters. The zero-order chi connectivity index (χ0) is 23.0. The lowest BCUT2D eigenvalue weighted by Crippen LogP contribution is -2.38. The molecule has 5 nitrogen and oxygen atoms in total. The van der Waals surface area contributed by atoms with E-state index in [9.17, 15) is 22.8 Å². The number of halogens is 3. The maximum absolute atomic E-state index is 13.6. The van der Waals surface area contributed by atoms with E-state index in [0.717, 1.165) is 11.6 Å². The van der Waals surface area contributed by atoms with E-state index < -0.39 is 23.6 Å². The van der Waals surface area contributed by atoms with Crippen molar-refractivity contribution >= 4 is 11.7 Å². The van der Waals surface area contributed by atoms with Crippen molar-refractivity contribution in [3.05, 3.63) is 70.4 Å². The SMILES string of the molecule is COc1ccc([C@@H]2CC(=O)C3=C(C2)NC(=O)C[C@@H]3c2ccccc2C(F)(F)F)cc1OC. The van der Waals surface area contributed by atoms with Crippen molar-refractivity contribution in [2.75, 3.05) is 14.2 Å². The molecule has 4 rings (SSSR count). The monoisotopic (exact) mass is 445 g/mol. The van der Waals surface area contributed by atoms with E-state index in [-0.39, 0.29) is 35.7 Å². The number of hydrogen-bond acceptors (Lipinski definition) is 4. The molecule has 1 heterocycles. The fourth-order valence-corrected chi connectivity index (χ4v) is 4.63. The number of hydrogen-bond donors (Lipinski definition) is 1. The molecule has 2 aliphatic rings. The molecule has 32 heavy (non-hydrogen) atoms. The van der Waals surface area contributed by atoms with Gasteiger partial charge in [0, 0.05) is 30.0 Å². The van der Waals surface area contributed by atoms with Gasteiger partial charge in [-0.3, -0.25) is 9.59 Å². The van der Waals surface area contributed by atoms with E-state index in [1.165, 1.54) is 32.4 Å². The third kappa shape index (κ3) is 3.97. The zero-order valence-corrected chi connectivity index (χ0v) is 17.6. The molecule has 1 aliphatic heterocycles. The molecule has 2 atom stereocenters. The lowest BCUT2D eigenvalue weighted by atomic mass is 9.72. The van der Waals surface area contributed by atoms with Crippen molar-refractivity contribution < 1.29 is 32.2 Å². The number of carbonyl (C=O) groups is 2. The number of Topliss-reactive ketones (excluding diaryl/α,β-unsaturated/α-hetero) is 1. The van der Waals surface area contributed by atoms with Gasteiger partial charge in [-0.05, 0) is 41.7 Å². The van der Waals surface area contributed by atoms with Gasteiger partial charge < -0.3 is 14.8 Å². The topological polar surface area (TPSA) is 64.6 Å². The molecule has 1 aliphatic carbocycles. The van der Waals surface area contributed by atoms with Crippen LogP contribution in [0.4, 0.5) is 13.2 Å². The molecule has 0 saturated carbocycles. The second-order valence-electron chi connectivity index (χ2n) is 7.92. The first-order chi connectivity index (χ1) is 15.2. The Labute approximate surface area is 183 Å². The Morgan fingerprint density at radius 2 is 1.66 bits per heavy atom. The largest absolute Gasteiger partial charge is 0.493 e. The van der Waals surface area contributed by atoms with Gasteiger partial charge in [0.05, 0.1) is 19.8 Å². The van der Waals surface area contributed by atoms with Crippen molar-refractivity contribution in [1.29, 1.82) is 0 Å². The van der Waals surface area contributed by atoms with E-state index >= 15 is 0 Å². The average molecular weight is 445 g/mol. The molecular weight excluding hydrogens is 423 g/mol. The van der Waals surface area contributed by atoms with Gasteiger partial charge in [-0.25, -0.2) is 0 Å². The summed E-state index contributed by atoms with van der Waals surface area (Å²) in [6.45, 7) is 0. The van der Waals surface area contributed by atoms with Crippen LogP contribution in [0.25, 0.3) is 0 Å². The van der Waals surface area contributed by atoms with Crippen molar-refractivity contribution in [1.82, 2.24) is 5.32 Å². The van der Waals surface area contributed by atoms with Crippen molar-refractivity contribution in [3.8, 4) is 11.5 Å². The van der Waals surface area contributed by atoms with Crippen molar-refractivity contribution in [2.45, 2.75) is 37.3 Å². The van der Waals surface area contributed by atoms with Crippen LogP contribution in [-0.2, 0) is 15.8 Å². The quantitative estimate of drug-likeness (QED) is 0.739. The third-order valence-corrected chi connectivity index (χ3v) is 6.06. The molecule has 0 aromatic heterocycles. The van der Waals surface area contributed by atoms with Crippen LogP contribution in [0.3, 0.4) is 0 Å². The predicted octanol–water partition coefficient (Wildman–Crippen LogP) is 4.73. The van der Waals surface area contributed by atoms with E-state index in [0.29, 0.717) is 23.6 Å². The Kier molecular flexibility index (Phi) is 5.71. The molecule has 0 fully saturated rings. The summed E-state index contributed by atoms with van der Waals surface area (Å²) >= 11 is 0. The number of methoxy groups -OCH3 is 2. The minimum atomic E-state index is -4.58. The summed E-state index contributed by atoms with van der Waals surface area (Å²) in [5, 5.41) is 2.74. The number of carbonyl (C=O) groups excluding carboxylic acids is 2. The van der Waals surface area contributed by atoms with Gasteiger partial charge in [0.25, 0.3) is 0 Å². The second-order valence-corrected chi connectivity index (χ2v) is 7.92. The molecule has 168 valence electrons. The van der Waals surface area contributed by atoms with Gasteiger partial charge in [0.15, 0.2) is 17.3 Å². The van der Waals surface area contributed by atoms with Gasteiger partial charge in [-0.2, -0.15) is 13.2 Å². The maximum Gasteiger partial charge on any atom is 0.416 e. The number of ketones is 1. The van der Waals surface area contributed by atoms with Crippen LogP contribution in [0.15, 0.2) is 53.7 Å². The van der Waals surface area contributed by atoms with Crippen LogP contribution >= 0.6 is 0 Å². The van der Waals surface area contributed by atoms with E-state index in [1.54, 1.807) is 12.1 Å². The molecule has 0 spiro atoms. The molecule has 0 bridgehead atoms. The zero-order valence-electron chi connectivity index (χ0n) is 17.6. The Morgan fingerprint density at radius 3 is 2.34 bits per heavy atom. The Bertz CT molecular complexity index is 1110. The van der Waals surface area contributed by atoms with Crippen molar-refractivity contribution in [3.63, 3.8) is 0 Å². The highest BCUT2D eigenvalue weighted by molar-refractivity contribution is 6.02. The molecule has 8 heteroatoms. The van der Waals surface area contributed by atoms with Crippen LogP contribution < -0.4 is 14.8 Å². The highest BCUT2D eigenvalue weighted by Gasteiger charge is 2.42. The first-order valence-corrected chi connectivity index (χ1v) is 10.2. The molecule has 0 saturated heterocycles. The number of ether oxygens (including phenoxy) is 2. The molecule has 2 aromatic rings. The highest BCUT2D eigenvalue weighted by atomic mass is 19.4. The lowest BCUT2D eigenvalue weighted by molar-refractivity contribution is -0.138. The van der Waals surface area contributed by atoms with Gasteiger partial charge in [0.1, 0.15) is 0 Å². The van der Waals surface area contributed by atoms with Crippen LogP contribution in [-0.4, -0.2) is 25.9 Å². The summed E-state index contributed by atoms with van der Waals surface area (Å²) in [4.78, 5) is 25.6. The number of allylic oxidation sites excluding steroid dienone is 2. The number of nitrogens with one attached hydrogen (secondary N) is 1. The summed E-state index contributed by atoms with van der Waals surface area (Å²) in [6, 6.07) is 10.5. The number of amides is 1. The van der Waals surface area contributed by atoms with E-state index in [2.05, 4.69) is 5.32 Å². The summed E-state index contributed by atoms with van der Waals surface area (Å²) in [5.74, 6) is -0.747. The van der Waals surface area contributed by atoms with Crippen LogP contribution in [0.1, 0.15) is 47.8 Å². The van der Waals surface area contributed by atoms with Crippen LogP contribution in [0, 0.1) is 0 Å². The third-order valence-electron chi connectivity index (χ3n) is 6.06. The fourth-order valence-electron chi connectivity index (χ4n) is 4.63. The summed E-state index contributed by atoms with van der Waals surface area (Å²) in [5.41, 5.74) is 0.647. The second kappa shape index (κ2) is 8.33. The normalized spacial score (nSPS) is 21.2. The average Bonchev–Trinajstić information content (AvgIpc) is 2.77. The molecular formula is C24H22F3NO4. The van der Waals surface area contributed by atoms with Gasteiger partial charge in [-0.15, -0.1) is 0 Å². The van der Waals surface area contributed by atoms with Gasteiger partial charge >= 0.3 is 6.18 Å². The number of benzene rings is 2. The summed E-state index contributed by atoms with van der Waals surface area (Å²) in [7, 11) is 3.04. The Morgan fingerprint density at radius 1 is 0.938 bits per heavy atom. The van der Waals surface area contributed by atoms with Crippen molar-refractivity contribution in [2.24, 2.45) is 0 Å². The van der Waals surface area contributed by atoms with Gasteiger partial charge in [-0.1, -0.05) is 24.3 Å². The summed E-state index contributed by atoms with van der Waals surface area (Å²) < 4.78 is 51.4. The maximum atomic E-state index is 13.6. The van der Waals surface area contributed by atoms with Crippen LogP contribution in [0.5, 0.6) is 11.5 Å². The number of rotatable bonds is 4. The molecule has 1 amide bonds. The minimum absolute atomic E-state index is 0.0414. The van der Waals surface area contributed by atoms with E-state index in [1.807, 2.05) is 6.07 Å². The smallest absolute Gasteiger partial charge is 0.416 e. The minimum Gasteiger partial charge on any atom is -0.493 e.